The molecule has 0 saturated heterocycles. The molecule has 12 nitrogen and oxygen atoms in total. The van der Waals surface area contributed by atoms with Crippen LogP contribution in [0.25, 0.3) is 0 Å². The first-order valence-electron chi connectivity index (χ1n) is 14.2. The van der Waals surface area contributed by atoms with Gasteiger partial charge >= 0.3 is 0 Å². The van der Waals surface area contributed by atoms with Crippen molar-refractivity contribution in [2.24, 2.45) is 0 Å². The molecule has 0 aliphatic carbocycles. The summed E-state index contributed by atoms with van der Waals surface area (Å²) in [6, 6.07) is 23.6. The van der Waals surface area contributed by atoms with Gasteiger partial charge in [-0.25, -0.2) is 8.78 Å². The molecule has 0 fully saturated rings. The fraction of sp³-hybridized carbons (Fsp3) is 0.0571. The highest BCUT2D eigenvalue weighted by Gasteiger charge is 2.17. The number of hydrogen-bond donors (Lipinski definition) is 7. The molecule has 0 aromatic heterocycles. The molecule has 2 amide bonds. The second-order valence-corrected chi connectivity index (χ2v) is 10.3. The molecule has 0 bridgehead atoms. The van der Waals surface area contributed by atoms with Crippen LogP contribution in [-0.4, -0.2) is 46.3 Å². The first-order chi connectivity index (χ1) is 23.8. The molecule has 0 atom stereocenters. The molecule has 0 unspecified atom stereocenters. The molecule has 0 spiro atoms. The number of ether oxygens (including phenoxy) is 2. The number of methoxy groups -OCH3 is 1. The summed E-state index contributed by atoms with van der Waals surface area (Å²) in [6.45, 7) is 0.153. The average Bonchev–Trinajstić information content (AvgIpc) is 3.08. The van der Waals surface area contributed by atoms with E-state index in [1.165, 1.54) is 55.6 Å². The smallest absolute Gasteiger partial charge is 0.255 e. The van der Waals surface area contributed by atoms with Crippen LogP contribution in [0.1, 0.15) is 31.1 Å². The zero-order valence-corrected chi connectivity index (χ0v) is 26.9. The number of hydrogen-bond acceptors (Lipinski definition) is 10. The van der Waals surface area contributed by atoms with Gasteiger partial charge in [0.2, 0.25) is 0 Å². The molecule has 0 heterocycles. The van der Waals surface area contributed by atoms with E-state index in [0.29, 0.717) is 11.3 Å². The minimum absolute atomic E-state index is 0.0255. The fourth-order valence-corrected chi connectivity index (χ4v) is 4.02. The first-order valence-corrected chi connectivity index (χ1v) is 14.6. The number of para-hydroxylation sites is 2. The van der Waals surface area contributed by atoms with Gasteiger partial charge in [0.15, 0.2) is 6.79 Å². The Morgan fingerprint density at radius 1 is 0.700 bits per heavy atom. The van der Waals surface area contributed by atoms with E-state index in [1.54, 1.807) is 30.3 Å². The first kappa shape index (κ1) is 38.1. The van der Waals surface area contributed by atoms with Crippen molar-refractivity contribution >= 4 is 51.4 Å². The van der Waals surface area contributed by atoms with Gasteiger partial charge in [0.25, 0.3) is 17.1 Å². The van der Waals surface area contributed by atoms with Gasteiger partial charge in [0.1, 0.15) is 40.3 Å². The maximum absolute atomic E-state index is 14.3. The normalized spacial score (nSPS) is 10.0. The summed E-state index contributed by atoms with van der Waals surface area (Å²) >= 11 is 5.28. The minimum atomic E-state index is -0.787. The summed E-state index contributed by atoms with van der Waals surface area (Å²) in [5.74, 6) is -2.87. The van der Waals surface area contributed by atoms with Crippen LogP contribution in [0.15, 0.2) is 103 Å². The Morgan fingerprint density at radius 3 is 1.90 bits per heavy atom. The van der Waals surface area contributed by atoms with Crippen molar-refractivity contribution in [2.75, 3.05) is 36.0 Å². The molecular formula is C35H31ClF2N4O8. The fourth-order valence-electron chi connectivity index (χ4n) is 3.90. The quantitative estimate of drug-likeness (QED) is 0.0530. The molecule has 5 rings (SSSR count). The molecule has 0 radical (unpaired) electrons. The van der Waals surface area contributed by atoms with Crippen molar-refractivity contribution in [3.63, 3.8) is 0 Å². The maximum Gasteiger partial charge on any atom is 0.255 e. The van der Waals surface area contributed by atoms with Crippen LogP contribution in [0.2, 0.25) is 0 Å². The summed E-state index contributed by atoms with van der Waals surface area (Å²) in [5, 5.41) is 32.8. The summed E-state index contributed by atoms with van der Waals surface area (Å²) in [7, 11) is 1.52. The van der Waals surface area contributed by atoms with E-state index in [4.69, 9.17) is 32.5 Å². The van der Waals surface area contributed by atoms with Crippen LogP contribution >= 0.6 is 11.6 Å². The number of halogens is 3. The third kappa shape index (κ3) is 11.4. The van der Waals surface area contributed by atoms with Crippen molar-refractivity contribution in [1.29, 1.82) is 0 Å². The number of phenolic OH excluding ortho intramolecular Hbond substituents is 3. The number of carbonyl (C=O) groups excluding carboxylic acids is 3. The lowest BCUT2D eigenvalue weighted by Gasteiger charge is -2.13. The lowest BCUT2D eigenvalue weighted by molar-refractivity contribution is 0.0510. The largest absolute Gasteiger partial charge is 0.508 e. The van der Waals surface area contributed by atoms with Crippen LogP contribution in [0, 0.1) is 11.6 Å². The van der Waals surface area contributed by atoms with Gasteiger partial charge in [-0.2, -0.15) is 0 Å². The Kier molecular flexibility index (Phi) is 13.9. The van der Waals surface area contributed by atoms with Crippen molar-refractivity contribution < 1.29 is 48.0 Å². The van der Waals surface area contributed by atoms with Gasteiger partial charge in [-0.15, -0.1) is 0 Å². The molecule has 5 aromatic carbocycles. The molecule has 0 saturated carbocycles. The van der Waals surface area contributed by atoms with Crippen LogP contribution in [0.3, 0.4) is 0 Å². The highest BCUT2D eigenvalue weighted by molar-refractivity contribution is 6.67. The van der Waals surface area contributed by atoms with Gasteiger partial charge in [0.05, 0.1) is 17.1 Å². The highest BCUT2D eigenvalue weighted by atomic mass is 35.5. The number of carbonyl (C=O) groups is 3. The van der Waals surface area contributed by atoms with Gasteiger partial charge in [-0.05, 0) is 84.4 Å². The summed E-state index contributed by atoms with van der Waals surface area (Å²) in [4.78, 5) is 35.5. The van der Waals surface area contributed by atoms with Crippen LogP contribution < -0.4 is 26.8 Å². The molecule has 0 aliphatic rings. The Labute approximate surface area is 289 Å². The number of nitrogen functional groups attached to an aromatic ring is 2. The van der Waals surface area contributed by atoms with Crippen molar-refractivity contribution in [1.82, 2.24) is 0 Å². The third-order valence-corrected chi connectivity index (χ3v) is 6.48. The zero-order valence-electron chi connectivity index (χ0n) is 26.2. The SMILES string of the molecule is COCOc1cccc(C(=O)Cl)c1.Nc1cccc(F)c1N.O=C(Nc1cccc(F)c1NC(=O)c1cccc(O)c1)c1cc(O)cc(O)c1. The number of anilines is 4. The van der Waals surface area contributed by atoms with Crippen molar-refractivity contribution in [2.45, 2.75) is 0 Å². The number of aromatic hydroxyl groups is 3. The average molecular weight is 709 g/mol. The summed E-state index contributed by atoms with van der Waals surface area (Å²) < 4.78 is 36.5. The molecule has 15 heteroatoms. The Hall–Kier alpha value is -6.38. The minimum Gasteiger partial charge on any atom is -0.508 e. The van der Waals surface area contributed by atoms with Gasteiger partial charge in [-0.3, -0.25) is 14.4 Å². The second-order valence-electron chi connectivity index (χ2n) is 9.95. The van der Waals surface area contributed by atoms with E-state index in [2.05, 4.69) is 10.6 Å². The summed E-state index contributed by atoms with van der Waals surface area (Å²) in [5.41, 5.74) is 10.9. The van der Waals surface area contributed by atoms with E-state index in [0.717, 1.165) is 24.3 Å². The van der Waals surface area contributed by atoms with Crippen LogP contribution in [-0.2, 0) is 4.74 Å². The lowest BCUT2D eigenvalue weighted by atomic mass is 10.1. The van der Waals surface area contributed by atoms with Crippen molar-refractivity contribution in [3.05, 3.63) is 131 Å². The van der Waals surface area contributed by atoms with E-state index < -0.39 is 28.7 Å². The Bertz CT molecular complexity index is 1940. The lowest BCUT2D eigenvalue weighted by Crippen LogP contribution is -2.17. The van der Waals surface area contributed by atoms with Gasteiger partial charge in [0, 0.05) is 29.9 Å². The topological polar surface area (TPSA) is 206 Å². The summed E-state index contributed by atoms with van der Waals surface area (Å²) in [6.07, 6.45) is 0. The number of benzene rings is 5. The van der Waals surface area contributed by atoms with E-state index in [-0.39, 0.29) is 57.9 Å². The van der Waals surface area contributed by atoms with Crippen LogP contribution in [0.5, 0.6) is 23.0 Å². The standard InChI is InChI=1S/C20H15FN2O5.C9H9ClO3.C6H7FN2/c21-16-5-2-6-17(22-20(28)12-8-14(25)10-15(26)9-12)18(16)23-19(27)11-3-1-4-13(24)7-11;1-12-6-13-8-4-2-3-7(5-8)9(10)11;7-4-2-1-3-5(8)6(4)9/h1-10,24-26H,(H,22,28)(H,23,27);2-5H,6H2,1H3;1-3H,8-9H2. The number of rotatable bonds is 8. The molecule has 9 N–H and O–H groups in total. The molecule has 5 aromatic rings. The molecular weight excluding hydrogens is 678 g/mol. The number of phenols is 3. The van der Waals surface area contributed by atoms with Crippen molar-refractivity contribution in [3.8, 4) is 23.0 Å². The van der Waals surface area contributed by atoms with E-state index >= 15 is 0 Å². The molecule has 50 heavy (non-hydrogen) atoms. The molecule has 260 valence electrons. The van der Waals surface area contributed by atoms with Crippen LogP contribution in [0.4, 0.5) is 31.5 Å². The third-order valence-electron chi connectivity index (χ3n) is 6.26. The Morgan fingerprint density at radius 2 is 1.28 bits per heavy atom. The zero-order chi connectivity index (χ0) is 36.8. The second kappa shape index (κ2) is 18.2. The monoisotopic (exact) mass is 708 g/mol. The van der Waals surface area contributed by atoms with Gasteiger partial charge in [-0.1, -0.05) is 24.3 Å². The Balaban J connectivity index is 0.000000251. The van der Waals surface area contributed by atoms with Gasteiger partial charge < -0.3 is 46.9 Å². The highest BCUT2D eigenvalue weighted by Crippen LogP contribution is 2.28. The molecule has 0 aliphatic heterocycles. The number of nitrogens with one attached hydrogen (secondary N) is 2. The maximum atomic E-state index is 14.3. The van der Waals surface area contributed by atoms with E-state index in [9.17, 15) is 38.5 Å². The van der Waals surface area contributed by atoms with E-state index in [1.807, 2.05) is 0 Å². The number of nitrogens with two attached hydrogens (primary N) is 2. The number of amides is 2. The predicted octanol–water partition coefficient (Wildman–Crippen LogP) is 6.49. The predicted molar refractivity (Wildman–Crippen MR) is 185 cm³/mol.